The second-order valence-electron chi connectivity index (χ2n) is 5.32. The fraction of sp³-hybridized carbons (Fsp3) is 0.0588. The number of hydrogen-bond donors (Lipinski definition) is 3. The zero-order valence-electron chi connectivity index (χ0n) is 13.1. The fourth-order valence-electron chi connectivity index (χ4n) is 2.17. The number of anilines is 5. The summed E-state index contributed by atoms with van der Waals surface area (Å²) >= 11 is 9.25. The Morgan fingerprint density at radius 2 is 1.72 bits per heavy atom. The minimum Gasteiger partial charge on any atom is -0.393 e. The summed E-state index contributed by atoms with van der Waals surface area (Å²) in [5.74, 6) is 0.284. The van der Waals surface area contributed by atoms with E-state index in [4.69, 9.17) is 17.3 Å². The van der Waals surface area contributed by atoms with Crippen molar-refractivity contribution in [2.24, 2.45) is 0 Å². The number of benzene rings is 2. The van der Waals surface area contributed by atoms with E-state index in [9.17, 15) is 4.39 Å². The lowest BCUT2D eigenvalue weighted by atomic mass is 10.2. The van der Waals surface area contributed by atoms with Crippen molar-refractivity contribution in [1.82, 2.24) is 9.97 Å². The Bertz CT molecular complexity index is 935. The number of nitrogen functional groups attached to an aromatic ring is 1. The Balaban J connectivity index is 1.91. The first-order valence-electron chi connectivity index (χ1n) is 7.30. The van der Waals surface area contributed by atoms with Gasteiger partial charge in [0, 0.05) is 15.2 Å². The number of rotatable bonds is 4. The van der Waals surface area contributed by atoms with Crippen LogP contribution in [0.25, 0.3) is 0 Å². The summed E-state index contributed by atoms with van der Waals surface area (Å²) in [6.45, 7) is 1.94. The van der Waals surface area contributed by atoms with Crippen LogP contribution in [-0.4, -0.2) is 9.97 Å². The fourth-order valence-corrected chi connectivity index (χ4v) is 2.67. The van der Waals surface area contributed by atoms with E-state index in [2.05, 4.69) is 36.5 Å². The number of nitrogens with one attached hydrogen (secondary N) is 2. The van der Waals surface area contributed by atoms with Crippen LogP contribution in [0.2, 0.25) is 5.02 Å². The van der Waals surface area contributed by atoms with Gasteiger partial charge in [0.2, 0.25) is 0 Å². The van der Waals surface area contributed by atoms with Crippen LogP contribution >= 0.6 is 27.5 Å². The summed E-state index contributed by atoms with van der Waals surface area (Å²) in [5.41, 5.74) is 8.42. The Kier molecular flexibility index (Phi) is 5.06. The third-order valence-corrected chi connectivity index (χ3v) is 4.25. The third-order valence-electron chi connectivity index (χ3n) is 3.52. The molecular formula is C17H14BrClFN5. The van der Waals surface area contributed by atoms with E-state index in [1.54, 1.807) is 24.3 Å². The number of halogens is 3. The molecule has 2 aromatic carbocycles. The van der Waals surface area contributed by atoms with Crippen LogP contribution in [0.4, 0.5) is 33.1 Å². The summed E-state index contributed by atoms with van der Waals surface area (Å²) in [6, 6.07) is 10.1. The molecule has 0 aliphatic carbocycles. The average molecular weight is 423 g/mol. The standard InChI is InChI=1S/C17H14BrClFN5/c1-9-2-4-11(19)7-14(9)25-17-15(21)16(22-8-23-17)24-13-5-3-10(18)6-12(13)20/h2-8H,21H2,1H3,(H2,22,23,24,25). The molecule has 0 spiro atoms. The van der Waals surface area contributed by atoms with Crippen LogP contribution < -0.4 is 16.4 Å². The van der Waals surface area contributed by atoms with E-state index < -0.39 is 5.82 Å². The summed E-state index contributed by atoms with van der Waals surface area (Å²) in [5, 5.41) is 6.60. The largest absolute Gasteiger partial charge is 0.393 e. The maximum absolute atomic E-state index is 14.0. The van der Waals surface area contributed by atoms with Crippen LogP contribution in [0.3, 0.4) is 0 Å². The smallest absolute Gasteiger partial charge is 0.159 e. The first kappa shape index (κ1) is 17.4. The minimum absolute atomic E-state index is 0.262. The van der Waals surface area contributed by atoms with Gasteiger partial charge >= 0.3 is 0 Å². The summed E-state index contributed by atoms with van der Waals surface area (Å²) in [4.78, 5) is 8.24. The van der Waals surface area contributed by atoms with Gasteiger partial charge in [-0.1, -0.05) is 33.6 Å². The van der Waals surface area contributed by atoms with Crippen LogP contribution in [-0.2, 0) is 0 Å². The van der Waals surface area contributed by atoms with Gasteiger partial charge in [0.05, 0.1) is 5.69 Å². The van der Waals surface area contributed by atoms with Gasteiger partial charge in [-0.2, -0.15) is 0 Å². The molecule has 0 radical (unpaired) electrons. The van der Waals surface area contributed by atoms with Crippen LogP contribution in [0, 0.1) is 12.7 Å². The molecule has 0 unspecified atom stereocenters. The van der Waals surface area contributed by atoms with Gasteiger partial charge in [-0.3, -0.25) is 0 Å². The molecule has 0 saturated carbocycles. The predicted octanol–water partition coefficient (Wildman–Crippen LogP) is 5.41. The van der Waals surface area contributed by atoms with E-state index in [-0.39, 0.29) is 11.4 Å². The lowest BCUT2D eigenvalue weighted by Crippen LogP contribution is -2.06. The number of aromatic nitrogens is 2. The van der Waals surface area contributed by atoms with E-state index in [1.165, 1.54) is 12.4 Å². The lowest BCUT2D eigenvalue weighted by molar-refractivity contribution is 0.631. The highest BCUT2D eigenvalue weighted by Gasteiger charge is 2.12. The van der Waals surface area contributed by atoms with Crippen LogP contribution in [0.15, 0.2) is 47.2 Å². The Labute approximate surface area is 157 Å². The highest BCUT2D eigenvalue weighted by molar-refractivity contribution is 9.10. The molecule has 3 rings (SSSR count). The zero-order chi connectivity index (χ0) is 18.0. The maximum atomic E-state index is 14.0. The third kappa shape index (κ3) is 4.00. The van der Waals surface area contributed by atoms with E-state index in [1.807, 2.05) is 13.0 Å². The second-order valence-corrected chi connectivity index (χ2v) is 6.67. The van der Waals surface area contributed by atoms with Gasteiger partial charge in [-0.05, 0) is 42.8 Å². The molecule has 128 valence electrons. The summed E-state index contributed by atoms with van der Waals surface area (Å²) in [7, 11) is 0. The van der Waals surface area contributed by atoms with Crippen LogP contribution in [0.1, 0.15) is 5.56 Å². The van der Waals surface area contributed by atoms with Crippen molar-refractivity contribution in [3.8, 4) is 0 Å². The normalized spacial score (nSPS) is 10.6. The number of nitrogens with two attached hydrogens (primary N) is 1. The molecule has 4 N–H and O–H groups in total. The number of hydrogen-bond acceptors (Lipinski definition) is 5. The molecule has 8 heteroatoms. The molecule has 0 saturated heterocycles. The van der Waals surface area contributed by atoms with Crippen molar-refractivity contribution in [3.63, 3.8) is 0 Å². The molecule has 3 aromatic rings. The Morgan fingerprint density at radius 1 is 1.04 bits per heavy atom. The Morgan fingerprint density at radius 3 is 2.40 bits per heavy atom. The van der Waals surface area contributed by atoms with Crippen molar-refractivity contribution in [2.45, 2.75) is 6.92 Å². The van der Waals surface area contributed by atoms with E-state index in [0.29, 0.717) is 21.1 Å². The summed E-state index contributed by atoms with van der Waals surface area (Å²) < 4.78 is 14.6. The van der Waals surface area contributed by atoms with Gasteiger partial charge in [0.15, 0.2) is 11.6 Å². The molecule has 0 bridgehead atoms. The molecule has 25 heavy (non-hydrogen) atoms. The van der Waals surface area contributed by atoms with Gasteiger partial charge in [-0.15, -0.1) is 0 Å². The minimum atomic E-state index is -0.424. The van der Waals surface area contributed by atoms with Gasteiger partial charge < -0.3 is 16.4 Å². The first-order valence-corrected chi connectivity index (χ1v) is 8.47. The van der Waals surface area contributed by atoms with Crippen molar-refractivity contribution in [3.05, 3.63) is 63.6 Å². The van der Waals surface area contributed by atoms with Crippen molar-refractivity contribution in [1.29, 1.82) is 0 Å². The molecule has 0 fully saturated rings. The monoisotopic (exact) mass is 421 g/mol. The molecule has 0 amide bonds. The molecule has 0 atom stereocenters. The first-order chi connectivity index (χ1) is 11.9. The molecular weight excluding hydrogens is 409 g/mol. The lowest BCUT2D eigenvalue weighted by Gasteiger charge is -2.14. The number of nitrogens with zero attached hydrogens (tertiary/aromatic N) is 2. The number of aryl methyl sites for hydroxylation is 1. The van der Waals surface area contributed by atoms with Crippen LogP contribution in [0.5, 0.6) is 0 Å². The predicted molar refractivity (Wildman–Crippen MR) is 103 cm³/mol. The SMILES string of the molecule is Cc1ccc(Cl)cc1Nc1ncnc(Nc2ccc(Br)cc2F)c1N. The zero-order valence-corrected chi connectivity index (χ0v) is 15.5. The maximum Gasteiger partial charge on any atom is 0.159 e. The molecule has 0 aliphatic rings. The molecule has 0 aliphatic heterocycles. The second kappa shape index (κ2) is 7.25. The highest BCUT2D eigenvalue weighted by Crippen LogP contribution is 2.31. The highest BCUT2D eigenvalue weighted by atomic mass is 79.9. The quantitative estimate of drug-likeness (QED) is 0.524. The average Bonchev–Trinajstić information content (AvgIpc) is 2.57. The van der Waals surface area contributed by atoms with Gasteiger partial charge in [-0.25, -0.2) is 14.4 Å². The molecule has 1 aromatic heterocycles. The topological polar surface area (TPSA) is 75.9 Å². The van der Waals surface area contributed by atoms with E-state index >= 15 is 0 Å². The van der Waals surface area contributed by atoms with Gasteiger partial charge in [0.1, 0.15) is 17.8 Å². The molecule has 5 nitrogen and oxygen atoms in total. The van der Waals surface area contributed by atoms with Crippen molar-refractivity contribution in [2.75, 3.05) is 16.4 Å². The molecule has 1 heterocycles. The van der Waals surface area contributed by atoms with Gasteiger partial charge in [0.25, 0.3) is 0 Å². The van der Waals surface area contributed by atoms with E-state index in [0.717, 1.165) is 11.3 Å². The van der Waals surface area contributed by atoms with Crippen molar-refractivity contribution >= 4 is 56.2 Å². The summed E-state index contributed by atoms with van der Waals surface area (Å²) in [6.07, 6.45) is 1.34. The van der Waals surface area contributed by atoms with Crippen molar-refractivity contribution < 1.29 is 4.39 Å². The Hall–Kier alpha value is -2.38.